The Kier molecular flexibility index (Phi) is 5.10. The van der Waals surface area contributed by atoms with Crippen LogP contribution in [0, 0.1) is 0 Å². The Labute approximate surface area is 96.2 Å². The molecule has 84 valence electrons. The molecular weight excluding hydrogens is 200 g/mol. The molecule has 0 saturated heterocycles. The van der Waals surface area contributed by atoms with Gasteiger partial charge in [0.25, 0.3) is 0 Å². The number of rotatable bonds is 4. The zero-order valence-corrected chi connectivity index (χ0v) is 9.69. The minimum atomic E-state index is -0.343. The molecule has 0 aliphatic heterocycles. The normalized spacial score (nSPS) is 9.12. The first-order valence-electron chi connectivity index (χ1n) is 5.45. The van der Waals surface area contributed by atoms with Crippen LogP contribution in [0.25, 0.3) is 5.57 Å². The summed E-state index contributed by atoms with van der Waals surface area (Å²) in [4.78, 5) is 11.1. The highest BCUT2D eigenvalue weighted by Crippen LogP contribution is 2.15. The van der Waals surface area contributed by atoms with Gasteiger partial charge >= 0.3 is 5.97 Å². The van der Waals surface area contributed by atoms with Crippen LogP contribution in [0.1, 0.15) is 25.8 Å². The van der Waals surface area contributed by atoms with Crippen molar-refractivity contribution in [3.63, 3.8) is 0 Å². The van der Waals surface area contributed by atoms with Crippen LogP contribution in [0.5, 0.6) is 0 Å². The van der Waals surface area contributed by atoms with E-state index in [0.29, 0.717) is 6.61 Å². The minimum absolute atomic E-state index is 0.343. The second-order valence-corrected chi connectivity index (χ2v) is 3.24. The van der Waals surface area contributed by atoms with Gasteiger partial charge in [-0.15, -0.1) is 5.73 Å². The van der Waals surface area contributed by atoms with Crippen LogP contribution in [-0.4, -0.2) is 12.6 Å². The second-order valence-electron chi connectivity index (χ2n) is 3.24. The third-order valence-electron chi connectivity index (χ3n) is 2.13. The fourth-order valence-corrected chi connectivity index (χ4v) is 1.36. The molecule has 1 rings (SSSR count). The van der Waals surface area contributed by atoms with Crippen molar-refractivity contribution >= 4 is 11.5 Å². The summed E-state index contributed by atoms with van der Waals surface area (Å²) in [6, 6.07) is 9.91. The lowest BCUT2D eigenvalue weighted by Crippen LogP contribution is -1.98. The molecule has 0 N–H and O–H groups in total. The van der Waals surface area contributed by atoms with Gasteiger partial charge in [-0.25, -0.2) is 4.79 Å². The standard InChI is InChI=1S/C14H16O2/c1-3-12(10-11-14(15)16-4-2)13-8-6-5-7-9-13/h5-9,11H,3-4H2,1-2H3. The third kappa shape index (κ3) is 3.76. The molecule has 0 radical (unpaired) electrons. The summed E-state index contributed by atoms with van der Waals surface area (Å²) in [5.41, 5.74) is 5.08. The van der Waals surface area contributed by atoms with Gasteiger partial charge in [0.05, 0.1) is 12.7 Å². The van der Waals surface area contributed by atoms with Gasteiger partial charge < -0.3 is 4.74 Å². The quantitative estimate of drug-likeness (QED) is 0.439. The maximum Gasteiger partial charge on any atom is 0.338 e. The Morgan fingerprint density at radius 2 is 2.00 bits per heavy atom. The molecule has 1 aromatic carbocycles. The monoisotopic (exact) mass is 216 g/mol. The van der Waals surface area contributed by atoms with Gasteiger partial charge in [0.2, 0.25) is 0 Å². The van der Waals surface area contributed by atoms with Gasteiger partial charge in [-0.3, -0.25) is 0 Å². The third-order valence-corrected chi connectivity index (χ3v) is 2.13. The lowest BCUT2D eigenvalue weighted by atomic mass is 10.0. The molecule has 16 heavy (non-hydrogen) atoms. The summed E-state index contributed by atoms with van der Waals surface area (Å²) >= 11 is 0. The molecule has 1 aromatic rings. The summed E-state index contributed by atoms with van der Waals surface area (Å²) in [5, 5.41) is 0. The van der Waals surface area contributed by atoms with Gasteiger partial charge in [-0.05, 0) is 18.9 Å². The zero-order chi connectivity index (χ0) is 11.8. The van der Waals surface area contributed by atoms with Gasteiger partial charge in [0.1, 0.15) is 0 Å². The molecule has 0 amide bonds. The number of ether oxygens (including phenoxy) is 1. The molecule has 2 heteroatoms. The molecule has 0 fully saturated rings. The maximum atomic E-state index is 11.1. The van der Waals surface area contributed by atoms with Crippen LogP contribution < -0.4 is 0 Å². The summed E-state index contributed by atoms with van der Waals surface area (Å²) in [6.45, 7) is 4.21. The Balaban J connectivity index is 2.90. The van der Waals surface area contributed by atoms with Crippen LogP contribution in [-0.2, 0) is 9.53 Å². The summed E-state index contributed by atoms with van der Waals surface area (Å²) in [5.74, 6) is -0.343. The van der Waals surface area contributed by atoms with E-state index < -0.39 is 0 Å². The molecule has 0 spiro atoms. The lowest BCUT2D eigenvalue weighted by Gasteiger charge is -2.00. The van der Waals surface area contributed by atoms with Gasteiger partial charge in [-0.2, -0.15) is 0 Å². The number of hydrogen-bond donors (Lipinski definition) is 0. The molecular formula is C14H16O2. The summed E-state index contributed by atoms with van der Waals surface area (Å²) < 4.78 is 4.80. The van der Waals surface area contributed by atoms with Crippen LogP contribution in [0.4, 0.5) is 0 Å². The number of esters is 1. The smallest absolute Gasteiger partial charge is 0.338 e. The van der Waals surface area contributed by atoms with Crippen LogP contribution in [0.15, 0.2) is 42.1 Å². The largest absolute Gasteiger partial charge is 0.462 e. The van der Waals surface area contributed by atoms with Crippen LogP contribution in [0.2, 0.25) is 0 Å². The van der Waals surface area contributed by atoms with E-state index in [1.165, 1.54) is 6.08 Å². The molecule has 0 atom stereocenters. The number of carbonyl (C=O) groups is 1. The Morgan fingerprint density at radius 1 is 1.31 bits per heavy atom. The Bertz CT molecular complexity index is 398. The topological polar surface area (TPSA) is 26.3 Å². The molecule has 0 aliphatic carbocycles. The van der Waals surface area contributed by atoms with E-state index in [2.05, 4.69) is 5.73 Å². The molecule has 0 aromatic heterocycles. The minimum Gasteiger partial charge on any atom is -0.462 e. The van der Waals surface area contributed by atoms with E-state index in [4.69, 9.17) is 4.74 Å². The van der Waals surface area contributed by atoms with Crippen molar-refractivity contribution in [1.82, 2.24) is 0 Å². The van der Waals surface area contributed by atoms with E-state index in [9.17, 15) is 4.79 Å². The van der Waals surface area contributed by atoms with Gasteiger partial charge in [0, 0.05) is 5.57 Å². The molecule has 0 bridgehead atoms. The molecule has 0 aliphatic rings. The number of benzene rings is 1. The fraction of sp³-hybridized carbons (Fsp3) is 0.286. The Hall–Kier alpha value is -1.79. The molecule has 0 saturated carbocycles. The highest BCUT2D eigenvalue weighted by atomic mass is 16.5. The van der Waals surface area contributed by atoms with Gasteiger partial charge in [0.15, 0.2) is 0 Å². The first-order valence-corrected chi connectivity index (χ1v) is 5.45. The zero-order valence-electron chi connectivity index (χ0n) is 9.69. The average Bonchev–Trinajstić information content (AvgIpc) is 2.31. The molecule has 0 unspecified atom stereocenters. The maximum absolute atomic E-state index is 11.1. The van der Waals surface area contributed by atoms with Crippen molar-refractivity contribution in [3.8, 4) is 0 Å². The molecule has 0 heterocycles. The van der Waals surface area contributed by atoms with Crippen molar-refractivity contribution in [3.05, 3.63) is 47.7 Å². The van der Waals surface area contributed by atoms with Crippen molar-refractivity contribution in [2.75, 3.05) is 6.61 Å². The predicted molar refractivity (Wildman–Crippen MR) is 64.9 cm³/mol. The van der Waals surface area contributed by atoms with E-state index in [0.717, 1.165) is 17.6 Å². The van der Waals surface area contributed by atoms with Crippen molar-refractivity contribution in [2.24, 2.45) is 0 Å². The van der Waals surface area contributed by atoms with E-state index >= 15 is 0 Å². The predicted octanol–water partition coefficient (Wildman–Crippen LogP) is 3.20. The number of carbonyl (C=O) groups excluding carboxylic acids is 1. The van der Waals surface area contributed by atoms with E-state index in [1.807, 2.05) is 37.3 Å². The second kappa shape index (κ2) is 6.65. The highest BCUT2D eigenvalue weighted by Gasteiger charge is 1.97. The van der Waals surface area contributed by atoms with E-state index in [1.54, 1.807) is 6.92 Å². The van der Waals surface area contributed by atoms with Crippen molar-refractivity contribution < 1.29 is 9.53 Å². The average molecular weight is 216 g/mol. The fourth-order valence-electron chi connectivity index (χ4n) is 1.36. The first kappa shape index (κ1) is 12.3. The highest BCUT2D eigenvalue weighted by molar-refractivity contribution is 5.83. The van der Waals surface area contributed by atoms with Gasteiger partial charge in [-0.1, -0.05) is 37.3 Å². The van der Waals surface area contributed by atoms with E-state index in [-0.39, 0.29) is 5.97 Å². The summed E-state index contributed by atoms with van der Waals surface area (Å²) in [7, 11) is 0. The Morgan fingerprint density at radius 3 is 2.56 bits per heavy atom. The van der Waals surface area contributed by atoms with Crippen LogP contribution in [0.3, 0.4) is 0 Å². The summed E-state index contributed by atoms with van der Waals surface area (Å²) in [6.07, 6.45) is 2.19. The SMILES string of the molecule is CCOC(=O)C=C=C(CC)c1ccccc1. The number of hydrogen-bond acceptors (Lipinski definition) is 2. The van der Waals surface area contributed by atoms with Crippen LogP contribution >= 0.6 is 0 Å². The first-order chi connectivity index (χ1) is 7.77. The van der Waals surface area contributed by atoms with Crippen molar-refractivity contribution in [2.45, 2.75) is 20.3 Å². The van der Waals surface area contributed by atoms with Crippen molar-refractivity contribution in [1.29, 1.82) is 0 Å². The molecule has 2 nitrogen and oxygen atoms in total. The lowest BCUT2D eigenvalue weighted by molar-refractivity contribution is -0.137.